The van der Waals surface area contributed by atoms with E-state index in [2.05, 4.69) is 16.9 Å². The van der Waals surface area contributed by atoms with Crippen LogP contribution in [0.15, 0.2) is 12.4 Å². The van der Waals surface area contributed by atoms with E-state index in [1.165, 1.54) is 0 Å². The van der Waals surface area contributed by atoms with Crippen LogP contribution in [0.3, 0.4) is 0 Å². The molecule has 0 amide bonds. The lowest BCUT2D eigenvalue weighted by molar-refractivity contribution is 0.174. The van der Waals surface area contributed by atoms with Gasteiger partial charge in [0.05, 0.1) is 23.6 Å². The van der Waals surface area contributed by atoms with Gasteiger partial charge < -0.3 is 10.5 Å². The summed E-state index contributed by atoms with van der Waals surface area (Å²) in [5, 5.41) is 0. The zero-order valence-electron chi connectivity index (χ0n) is 9.60. The summed E-state index contributed by atoms with van der Waals surface area (Å²) in [6, 6.07) is -0.0618. The highest BCUT2D eigenvalue weighted by Crippen LogP contribution is 2.19. The van der Waals surface area contributed by atoms with Gasteiger partial charge in [-0.05, 0) is 19.3 Å². The first kappa shape index (κ1) is 12.1. The molecule has 0 saturated heterocycles. The molecule has 1 heterocycles. The first-order valence-electron chi connectivity index (χ1n) is 5.18. The minimum Gasteiger partial charge on any atom is -0.385 e. The second kappa shape index (κ2) is 5.78. The molecular formula is C11H19N3O. The summed E-state index contributed by atoms with van der Waals surface area (Å²) in [6.45, 7) is 4.75. The van der Waals surface area contributed by atoms with Crippen LogP contribution < -0.4 is 5.73 Å². The number of aryl methyl sites for hydroxylation is 1. The van der Waals surface area contributed by atoms with Crippen LogP contribution in [0.2, 0.25) is 0 Å². The molecule has 2 N–H and O–H groups in total. The minimum atomic E-state index is -0.0618. The molecule has 0 spiro atoms. The maximum atomic E-state index is 6.07. The lowest BCUT2D eigenvalue weighted by Gasteiger charge is -2.18. The molecule has 4 nitrogen and oxygen atoms in total. The largest absolute Gasteiger partial charge is 0.385 e. The Kier molecular flexibility index (Phi) is 4.65. The van der Waals surface area contributed by atoms with Gasteiger partial charge >= 0.3 is 0 Å². The Bertz CT molecular complexity index is 286. The zero-order valence-corrected chi connectivity index (χ0v) is 9.60. The van der Waals surface area contributed by atoms with Crippen LogP contribution in [0.4, 0.5) is 0 Å². The van der Waals surface area contributed by atoms with Crippen LogP contribution in [0, 0.1) is 12.8 Å². The molecule has 1 aromatic heterocycles. The monoisotopic (exact) mass is 209 g/mol. The van der Waals surface area contributed by atoms with Crippen LogP contribution in [0.5, 0.6) is 0 Å². The summed E-state index contributed by atoms with van der Waals surface area (Å²) in [4.78, 5) is 8.47. The normalized spacial score (nSPS) is 14.9. The van der Waals surface area contributed by atoms with Gasteiger partial charge in [0.25, 0.3) is 0 Å². The molecule has 4 heteroatoms. The fraction of sp³-hybridized carbons (Fsp3) is 0.636. The number of aromatic nitrogens is 2. The summed E-state index contributed by atoms with van der Waals surface area (Å²) in [5.74, 6) is 0.349. The van der Waals surface area contributed by atoms with Crippen LogP contribution in [-0.2, 0) is 4.74 Å². The molecule has 0 saturated carbocycles. The number of rotatable bonds is 5. The van der Waals surface area contributed by atoms with E-state index in [0.717, 1.165) is 24.4 Å². The second-order valence-corrected chi connectivity index (χ2v) is 3.87. The Morgan fingerprint density at radius 2 is 2.13 bits per heavy atom. The van der Waals surface area contributed by atoms with Gasteiger partial charge in [-0.1, -0.05) is 6.92 Å². The summed E-state index contributed by atoms with van der Waals surface area (Å²) in [5.41, 5.74) is 7.83. The molecule has 0 radical (unpaired) electrons. The molecule has 0 aliphatic carbocycles. The average Bonchev–Trinajstić information content (AvgIpc) is 2.26. The molecule has 1 aromatic rings. The van der Waals surface area contributed by atoms with Crippen molar-refractivity contribution in [2.45, 2.75) is 26.3 Å². The fourth-order valence-corrected chi connectivity index (χ4v) is 1.35. The third-order valence-corrected chi connectivity index (χ3v) is 2.53. The lowest BCUT2D eigenvalue weighted by Crippen LogP contribution is -2.21. The van der Waals surface area contributed by atoms with Crippen molar-refractivity contribution in [2.24, 2.45) is 11.7 Å². The van der Waals surface area contributed by atoms with E-state index >= 15 is 0 Å². The maximum absolute atomic E-state index is 6.07. The highest BCUT2D eigenvalue weighted by Gasteiger charge is 2.15. The van der Waals surface area contributed by atoms with Crippen molar-refractivity contribution in [3.63, 3.8) is 0 Å². The zero-order chi connectivity index (χ0) is 11.3. The summed E-state index contributed by atoms with van der Waals surface area (Å²) < 4.78 is 5.03. The topological polar surface area (TPSA) is 61.0 Å². The first-order chi connectivity index (χ1) is 7.15. The smallest absolute Gasteiger partial charge is 0.0756 e. The molecule has 2 unspecified atom stereocenters. The average molecular weight is 209 g/mol. The van der Waals surface area contributed by atoms with Crippen molar-refractivity contribution in [3.05, 3.63) is 23.8 Å². The third kappa shape index (κ3) is 3.57. The highest BCUT2D eigenvalue weighted by molar-refractivity contribution is 5.06. The van der Waals surface area contributed by atoms with Crippen LogP contribution >= 0.6 is 0 Å². The number of hydrogen-bond donors (Lipinski definition) is 1. The molecule has 0 aliphatic rings. The quantitative estimate of drug-likeness (QED) is 0.797. The van der Waals surface area contributed by atoms with E-state index in [9.17, 15) is 0 Å². The molecule has 0 aromatic carbocycles. The van der Waals surface area contributed by atoms with Crippen molar-refractivity contribution in [1.82, 2.24) is 9.97 Å². The number of nitrogens with zero attached hydrogens (tertiary/aromatic N) is 2. The van der Waals surface area contributed by atoms with E-state index < -0.39 is 0 Å². The van der Waals surface area contributed by atoms with E-state index in [1.54, 1.807) is 19.5 Å². The van der Waals surface area contributed by atoms with Gasteiger partial charge in [-0.25, -0.2) is 0 Å². The van der Waals surface area contributed by atoms with E-state index in [-0.39, 0.29) is 6.04 Å². The minimum absolute atomic E-state index is 0.0618. The van der Waals surface area contributed by atoms with Crippen molar-refractivity contribution in [3.8, 4) is 0 Å². The Morgan fingerprint density at radius 3 is 2.67 bits per heavy atom. The van der Waals surface area contributed by atoms with E-state index in [4.69, 9.17) is 10.5 Å². The molecule has 0 aliphatic heterocycles. The van der Waals surface area contributed by atoms with Gasteiger partial charge in [0.1, 0.15) is 0 Å². The summed E-state index contributed by atoms with van der Waals surface area (Å²) in [6.07, 6.45) is 4.44. The summed E-state index contributed by atoms with van der Waals surface area (Å²) in [7, 11) is 1.70. The number of hydrogen-bond acceptors (Lipinski definition) is 4. The van der Waals surface area contributed by atoms with Gasteiger partial charge in [0.2, 0.25) is 0 Å². The van der Waals surface area contributed by atoms with E-state index in [0.29, 0.717) is 5.92 Å². The molecule has 84 valence electrons. The predicted octanol–water partition coefficient (Wildman–Crippen LogP) is 1.46. The van der Waals surface area contributed by atoms with Gasteiger partial charge in [-0.3, -0.25) is 9.97 Å². The Balaban J connectivity index is 2.59. The molecular weight excluding hydrogens is 190 g/mol. The highest BCUT2D eigenvalue weighted by atomic mass is 16.5. The van der Waals surface area contributed by atoms with Crippen LogP contribution in [-0.4, -0.2) is 23.7 Å². The number of ether oxygens (including phenoxy) is 1. The standard InChI is InChI=1S/C11H19N3O/c1-8(4-5-15-3)11(12)10-7-13-9(2)6-14-10/h6-8,11H,4-5,12H2,1-3H3. The van der Waals surface area contributed by atoms with Gasteiger partial charge in [0, 0.05) is 19.9 Å². The van der Waals surface area contributed by atoms with E-state index in [1.807, 2.05) is 6.92 Å². The van der Waals surface area contributed by atoms with Gasteiger partial charge in [-0.2, -0.15) is 0 Å². The lowest BCUT2D eigenvalue weighted by atomic mass is 9.97. The SMILES string of the molecule is COCCC(C)C(N)c1cnc(C)cn1. The Morgan fingerprint density at radius 1 is 1.40 bits per heavy atom. The molecule has 0 fully saturated rings. The van der Waals surface area contributed by atoms with Gasteiger partial charge in [-0.15, -0.1) is 0 Å². The van der Waals surface area contributed by atoms with Crippen LogP contribution in [0.25, 0.3) is 0 Å². The molecule has 15 heavy (non-hydrogen) atoms. The number of nitrogens with two attached hydrogens (primary N) is 1. The first-order valence-corrected chi connectivity index (χ1v) is 5.18. The summed E-state index contributed by atoms with van der Waals surface area (Å²) >= 11 is 0. The van der Waals surface area contributed by atoms with Crippen molar-refractivity contribution >= 4 is 0 Å². The van der Waals surface area contributed by atoms with Crippen molar-refractivity contribution in [2.75, 3.05) is 13.7 Å². The second-order valence-electron chi connectivity index (χ2n) is 3.87. The predicted molar refractivity (Wildman–Crippen MR) is 59.4 cm³/mol. The van der Waals surface area contributed by atoms with Gasteiger partial charge in [0.15, 0.2) is 0 Å². The Hall–Kier alpha value is -1.00. The maximum Gasteiger partial charge on any atom is 0.0756 e. The number of methoxy groups -OCH3 is 1. The third-order valence-electron chi connectivity index (χ3n) is 2.53. The molecule has 1 rings (SSSR count). The van der Waals surface area contributed by atoms with Crippen molar-refractivity contribution < 1.29 is 4.74 Å². The van der Waals surface area contributed by atoms with Crippen molar-refractivity contribution in [1.29, 1.82) is 0 Å². The molecule has 2 atom stereocenters. The van der Waals surface area contributed by atoms with Crippen LogP contribution in [0.1, 0.15) is 30.8 Å². The molecule has 0 bridgehead atoms. The fourth-order valence-electron chi connectivity index (χ4n) is 1.35. The Labute approximate surface area is 90.9 Å².